The first kappa shape index (κ1) is 17.3. The molecule has 0 radical (unpaired) electrons. The minimum absolute atomic E-state index is 0.00917. The summed E-state index contributed by atoms with van der Waals surface area (Å²) in [6, 6.07) is 5.92. The third-order valence-electron chi connectivity index (χ3n) is 4.85. The minimum Gasteiger partial charge on any atom is -0.306 e. The van der Waals surface area contributed by atoms with Crippen LogP contribution in [0.3, 0.4) is 0 Å². The van der Waals surface area contributed by atoms with Crippen LogP contribution in [0.1, 0.15) is 32.6 Å². The number of fused-ring (bicyclic) bond motifs is 1. The van der Waals surface area contributed by atoms with Crippen molar-refractivity contribution in [1.82, 2.24) is 19.4 Å². The Labute approximate surface area is 157 Å². The van der Waals surface area contributed by atoms with Crippen LogP contribution in [-0.4, -0.2) is 31.3 Å². The van der Waals surface area contributed by atoms with E-state index in [9.17, 15) is 4.79 Å². The Morgan fingerprint density at radius 3 is 2.56 bits per heavy atom. The first-order chi connectivity index (χ1) is 13.1. The molecule has 138 valence electrons. The van der Waals surface area contributed by atoms with Crippen molar-refractivity contribution < 1.29 is 4.79 Å². The standard InChI is InChI=1S/C17H16N6O.C3H6/c1-11-5-12(7-18)17(24)23(11)15-3-4-19-22-10-13(6-16(15)22)14-8-20-21(2)9-14;1-2-3-1/h3-4,6,8-12H,5H2,1-2H3;1-3H2. The van der Waals surface area contributed by atoms with E-state index in [4.69, 9.17) is 5.26 Å². The highest BCUT2D eigenvalue weighted by molar-refractivity contribution is 6.02. The van der Waals surface area contributed by atoms with Gasteiger partial charge in [-0.25, -0.2) is 4.52 Å². The Balaban J connectivity index is 0.000000547. The van der Waals surface area contributed by atoms with Crippen LogP contribution in [0.2, 0.25) is 0 Å². The zero-order chi connectivity index (χ0) is 19.0. The van der Waals surface area contributed by atoms with Crippen molar-refractivity contribution in [2.24, 2.45) is 13.0 Å². The molecule has 0 spiro atoms. The van der Waals surface area contributed by atoms with E-state index in [-0.39, 0.29) is 11.9 Å². The third kappa shape index (κ3) is 3.31. The number of carbonyl (C=O) groups excluding carboxylic acids is 1. The summed E-state index contributed by atoms with van der Waals surface area (Å²) in [4.78, 5) is 14.3. The molecular weight excluding hydrogens is 340 g/mol. The molecule has 1 aliphatic carbocycles. The zero-order valence-electron chi connectivity index (χ0n) is 15.5. The fourth-order valence-electron chi connectivity index (χ4n) is 3.33. The lowest BCUT2D eigenvalue weighted by molar-refractivity contribution is -0.119. The number of aryl methyl sites for hydroxylation is 1. The van der Waals surface area contributed by atoms with Gasteiger partial charge in [0.25, 0.3) is 0 Å². The second kappa shape index (κ2) is 6.88. The Hall–Kier alpha value is -3.14. The maximum atomic E-state index is 12.5. The largest absolute Gasteiger partial charge is 0.306 e. The lowest BCUT2D eigenvalue weighted by Gasteiger charge is -2.22. The molecule has 2 fully saturated rings. The molecule has 2 aliphatic rings. The normalized spacial score (nSPS) is 21.1. The second-order valence-electron chi connectivity index (χ2n) is 7.21. The number of nitrogens with zero attached hydrogens (tertiary/aromatic N) is 6. The number of amides is 1. The molecule has 7 heteroatoms. The van der Waals surface area contributed by atoms with Crippen LogP contribution < -0.4 is 4.90 Å². The number of nitriles is 1. The van der Waals surface area contributed by atoms with E-state index in [1.54, 1.807) is 26.5 Å². The van der Waals surface area contributed by atoms with Gasteiger partial charge in [0.2, 0.25) is 5.91 Å². The monoisotopic (exact) mass is 362 g/mol. The maximum Gasteiger partial charge on any atom is 0.244 e. The molecule has 2 atom stereocenters. The summed E-state index contributed by atoms with van der Waals surface area (Å²) >= 11 is 0. The highest BCUT2D eigenvalue weighted by Crippen LogP contribution is 2.34. The van der Waals surface area contributed by atoms with Crippen molar-refractivity contribution in [3.05, 3.63) is 36.9 Å². The van der Waals surface area contributed by atoms with Crippen LogP contribution in [0, 0.1) is 17.2 Å². The van der Waals surface area contributed by atoms with Crippen molar-refractivity contribution in [2.45, 2.75) is 38.6 Å². The maximum absolute atomic E-state index is 12.5. The first-order valence-corrected chi connectivity index (χ1v) is 9.27. The van der Waals surface area contributed by atoms with E-state index in [0.717, 1.165) is 22.3 Å². The average molecular weight is 362 g/mol. The molecule has 1 amide bonds. The summed E-state index contributed by atoms with van der Waals surface area (Å²) in [6.45, 7) is 1.97. The van der Waals surface area contributed by atoms with Gasteiger partial charge in [-0.2, -0.15) is 15.5 Å². The number of aromatic nitrogens is 4. The molecule has 0 aromatic carbocycles. The Morgan fingerprint density at radius 2 is 1.96 bits per heavy atom. The van der Waals surface area contributed by atoms with Crippen LogP contribution in [0.5, 0.6) is 0 Å². The van der Waals surface area contributed by atoms with Crippen molar-refractivity contribution in [1.29, 1.82) is 5.26 Å². The Morgan fingerprint density at radius 1 is 1.19 bits per heavy atom. The molecule has 7 nitrogen and oxygen atoms in total. The third-order valence-corrected chi connectivity index (χ3v) is 4.85. The molecule has 0 N–H and O–H groups in total. The van der Waals surface area contributed by atoms with Gasteiger partial charge in [0.1, 0.15) is 5.92 Å². The van der Waals surface area contributed by atoms with E-state index >= 15 is 0 Å². The van der Waals surface area contributed by atoms with Crippen LogP contribution in [0.25, 0.3) is 16.6 Å². The predicted octanol–water partition coefficient (Wildman–Crippen LogP) is 3.17. The molecular formula is C20H22N6O. The van der Waals surface area contributed by atoms with E-state index in [1.165, 1.54) is 19.3 Å². The number of hydrogen-bond acceptors (Lipinski definition) is 4. The highest BCUT2D eigenvalue weighted by Gasteiger charge is 2.38. The Bertz CT molecular complexity index is 1020. The predicted molar refractivity (Wildman–Crippen MR) is 102 cm³/mol. The lowest BCUT2D eigenvalue weighted by Crippen LogP contribution is -2.32. The van der Waals surface area contributed by atoms with Crippen molar-refractivity contribution in [2.75, 3.05) is 4.90 Å². The smallest absolute Gasteiger partial charge is 0.244 e. The molecule has 4 heterocycles. The van der Waals surface area contributed by atoms with Gasteiger partial charge in [-0.3, -0.25) is 9.48 Å². The average Bonchev–Trinajstić information content (AvgIpc) is 3.29. The van der Waals surface area contributed by atoms with Crippen LogP contribution in [0.4, 0.5) is 5.69 Å². The highest BCUT2D eigenvalue weighted by atomic mass is 16.2. The number of anilines is 1. The van der Waals surface area contributed by atoms with E-state index in [1.807, 2.05) is 38.5 Å². The number of carbonyl (C=O) groups is 1. The lowest BCUT2D eigenvalue weighted by atomic mass is 10.1. The van der Waals surface area contributed by atoms with Gasteiger partial charge >= 0.3 is 0 Å². The molecule has 27 heavy (non-hydrogen) atoms. The summed E-state index contributed by atoms with van der Waals surface area (Å²) in [5.41, 5.74) is 3.61. The van der Waals surface area contributed by atoms with Gasteiger partial charge in [-0.1, -0.05) is 19.3 Å². The van der Waals surface area contributed by atoms with Crippen molar-refractivity contribution in [3.8, 4) is 17.2 Å². The summed E-state index contributed by atoms with van der Waals surface area (Å²) in [5.74, 6) is -0.705. The number of hydrogen-bond donors (Lipinski definition) is 0. The van der Waals surface area contributed by atoms with Crippen LogP contribution in [-0.2, 0) is 11.8 Å². The topological polar surface area (TPSA) is 79.2 Å². The van der Waals surface area contributed by atoms with Crippen molar-refractivity contribution in [3.63, 3.8) is 0 Å². The second-order valence-corrected chi connectivity index (χ2v) is 7.21. The van der Waals surface area contributed by atoms with Gasteiger partial charge in [-0.05, 0) is 25.5 Å². The first-order valence-electron chi connectivity index (χ1n) is 9.27. The summed E-state index contributed by atoms with van der Waals surface area (Å²) < 4.78 is 3.51. The summed E-state index contributed by atoms with van der Waals surface area (Å²) in [5, 5.41) is 17.7. The Kier molecular flexibility index (Phi) is 4.40. The molecule has 1 saturated carbocycles. The number of rotatable bonds is 2. The quantitative estimate of drug-likeness (QED) is 0.701. The van der Waals surface area contributed by atoms with Gasteiger partial charge < -0.3 is 4.90 Å². The van der Waals surface area contributed by atoms with Gasteiger partial charge in [0.15, 0.2) is 0 Å². The van der Waals surface area contributed by atoms with E-state index in [0.29, 0.717) is 6.42 Å². The molecule has 1 saturated heterocycles. The molecule has 2 unspecified atom stereocenters. The minimum atomic E-state index is -0.569. The molecule has 3 aromatic rings. The van der Waals surface area contributed by atoms with E-state index < -0.39 is 5.92 Å². The molecule has 0 bridgehead atoms. The fraction of sp³-hybridized carbons (Fsp3) is 0.400. The molecule has 5 rings (SSSR count). The van der Waals surface area contributed by atoms with Crippen LogP contribution in [0.15, 0.2) is 36.9 Å². The van der Waals surface area contributed by atoms with Crippen molar-refractivity contribution >= 4 is 17.1 Å². The van der Waals surface area contributed by atoms with E-state index in [2.05, 4.69) is 16.3 Å². The summed E-state index contributed by atoms with van der Waals surface area (Å²) in [7, 11) is 1.87. The SMILES string of the molecule is C1CC1.CC1CC(C#N)C(=O)N1c1ccnn2cc(-c3cnn(C)c3)cc12. The van der Waals surface area contributed by atoms with Gasteiger partial charge in [0, 0.05) is 42.8 Å². The zero-order valence-corrected chi connectivity index (χ0v) is 15.5. The molecule has 3 aromatic heterocycles. The fourth-order valence-corrected chi connectivity index (χ4v) is 3.33. The summed E-state index contributed by atoms with van der Waals surface area (Å²) in [6.07, 6.45) is 12.4. The molecule has 1 aliphatic heterocycles. The van der Waals surface area contributed by atoms with Gasteiger partial charge in [-0.15, -0.1) is 0 Å². The van der Waals surface area contributed by atoms with Gasteiger partial charge in [0.05, 0.1) is 23.5 Å². The van der Waals surface area contributed by atoms with Crippen LogP contribution >= 0.6 is 0 Å².